The minimum absolute atomic E-state index is 0.0103. The van der Waals surface area contributed by atoms with Crippen LogP contribution in [0.5, 0.6) is 5.75 Å². The van der Waals surface area contributed by atoms with E-state index in [0.29, 0.717) is 10.6 Å². The predicted octanol–water partition coefficient (Wildman–Crippen LogP) is 2.71. The fourth-order valence-corrected chi connectivity index (χ4v) is 1.80. The van der Waals surface area contributed by atoms with E-state index in [1.807, 2.05) is 0 Å². The van der Waals surface area contributed by atoms with E-state index >= 15 is 0 Å². The summed E-state index contributed by atoms with van der Waals surface area (Å²) in [6.07, 6.45) is -0.0325. The first kappa shape index (κ1) is 16.8. The molecule has 0 spiro atoms. The summed E-state index contributed by atoms with van der Waals surface area (Å²) in [5.41, 5.74) is 4.88. The molecule has 0 atom stereocenters. The van der Waals surface area contributed by atoms with Gasteiger partial charge >= 0.3 is 0 Å². The number of nitrogens with one attached hydrogen (secondary N) is 2. The van der Waals surface area contributed by atoms with Gasteiger partial charge in [-0.3, -0.25) is 20.4 Å². The van der Waals surface area contributed by atoms with Gasteiger partial charge in [-0.2, -0.15) is 0 Å². The molecule has 2 N–H and O–H groups in total. The second-order valence-corrected chi connectivity index (χ2v) is 4.97. The summed E-state index contributed by atoms with van der Waals surface area (Å²) in [5, 5.41) is 0.510. The average Bonchev–Trinajstić information content (AvgIpc) is 2.55. The largest absolute Gasteiger partial charge is 0.490 e. The van der Waals surface area contributed by atoms with Crippen LogP contribution < -0.4 is 15.6 Å². The molecule has 0 aliphatic rings. The Morgan fingerprint density at radius 2 is 1.74 bits per heavy atom. The number of hydrazine groups is 1. The van der Waals surface area contributed by atoms with E-state index in [1.165, 1.54) is 24.3 Å². The molecular formula is C16H14ClFN2O3. The zero-order valence-electron chi connectivity index (χ0n) is 12.0. The van der Waals surface area contributed by atoms with Crippen molar-refractivity contribution < 1.29 is 18.7 Å². The number of para-hydroxylation sites is 1. The van der Waals surface area contributed by atoms with E-state index in [9.17, 15) is 14.0 Å². The van der Waals surface area contributed by atoms with Crippen LogP contribution in [0.2, 0.25) is 5.02 Å². The summed E-state index contributed by atoms with van der Waals surface area (Å²) in [6.45, 7) is -0.0103. The van der Waals surface area contributed by atoms with Crippen molar-refractivity contribution in [2.45, 2.75) is 6.42 Å². The molecule has 0 saturated carbocycles. The number of hydrogen-bond donors (Lipinski definition) is 2. The Labute approximate surface area is 137 Å². The summed E-state index contributed by atoms with van der Waals surface area (Å²) < 4.78 is 18.4. The summed E-state index contributed by atoms with van der Waals surface area (Å²) >= 11 is 5.72. The molecule has 0 radical (unpaired) electrons. The molecule has 5 nitrogen and oxygen atoms in total. The highest BCUT2D eigenvalue weighted by Gasteiger charge is 2.08. The summed E-state index contributed by atoms with van der Waals surface area (Å²) in [7, 11) is 0. The van der Waals surface area contributed by atoms with Crippen LogP contribution >= 0.6 is 11.6 Å². The standard InChI is InChI=1S/C16H14ClFN2O3/c17-12-7-5-11(6-8-12)16(22)20-19-15(21)9-10-23-14-4-2-1-3-13(14)18/h1-8H,9-10H2,(H,19,21)(H,20,22). The SMILES string of the molecule is O=C(CCOc1ccccc1F)NNC(=O)c1ccc(Cl)cc1. The van der Waals surface area contributed by atoms with Crippen LogP contribution in [0.25, 0.3) is 0 Å². The molecule has 0 bridgehead atoms. The average molecular weight is 337 g/mol. The monoisotopic (exact) mass is 336 g/mol. The quantitative estimate of drug-likeness (QED) is 0.825. The molecule has 2 aromatic rings. The Morgan fingerprint density at radius 1 is 1.04 bits per heavy atom. The Balaban J connectivity index is 1.72. The molecule has 0 aliphatic heterocycles. The van der Waals surface area contributed by atoms with Crippen LogP contribution in [0, 0.1) is 5.82 Å². The number of hydrogen-bond acceptors (Lipinski definition) is 3. The third-order valence-corrected chi connectivity index (χ3v) is 3.10. The lowest BCUT2D eigenvalue weighted by Crippen LogP contribution is -2.42. The maximum atomic E-state index is 13.3. The van der Waals surface area contributed by atoms with Gasteiger partial charge in [0.25, 0.3) is 5.91 Å². The molecule has 23 heavy (non-hydrogen) atoms. The number of carbonyl (C=O) groups excluding carboxylic acids is 2. The molecule has 0 saturated heterocycles. The van der Waals surface area contributed by atoms with Crippen molar-refractivity contribution in [1.82, 2.24) is 10.9 Å². The number of benzene rings is 2. The topological polar surface area (TPSA) is 67.4 Å². The Bertz CT molecular complexity index is 692. The van der Waals surface area contributed by atoms with Crippen molar-refractivity contribution >= 4 is 23.4 Å². The fourth-order valence-electron chi connectivity index (χ4n) is 1.68. The van der Waals surface area contributed by atoms with Crippen molar-refractivity contribution in [2.75, 3.05) is 6.61 Å². The van der Waals surface area contributed by atoms with Crippen molar-refractivity contribution in [1.29, 1.82) is 0 Å². The van der Waals surface area contributed by atoms with E-state index in [4.69, 9.17) is 16.3 Å². The molecule has 0 heterocycles. The van der Waals surface area contributed by atoms with Crippen molar-refractivity contribution in [2.24, 2.45) is 0 Å². The third kappa shape index (κ3) is 5.27. The first-order chi connectivity index (χ1) is 11.1. The molecule has 0 aromatic heterocycles. The molecule has 2 amide bonds. The molecule has 2 rings (SSSR count). The predicted molar refractivity (Wildman–Crippen MR) is 83.6 cm³/mol. The molecule has 0 unspecified atom stereocenters. The van der Waals surface area contributed by atoms with E-state index in [2.05, 4.69) is 10.9 Å². The van der Waals surface area contributed by atoms with Gasteiger partial charge in [-0.1, -0.05) is 23.7 Å². The minimum atomic E-state index is -0.496. The van der Waals surface area contributed by atoms with Gasteiger partial charge in [0.1, 0.15) is 0 Å². The lowest BCUT2D eigenvalue weighted by Gasteiger charge is -2.09. The van der Waals surface area contributed by atoms with Gasteiger partial charge in [0.05, 0.1) is 13.0 Å². The Morgan fingerprint density at radius 3 is 2.43 bits per heavy atom. The Kier molecular flexibility index (Phi) is 5.94. The first-order valence-electron chi connectivity index (χ1n) is 6.78. The first-order valence-corrected chi connectivity index (χ1v) is 7.16. The zero-order valence-corrected chi connectivity index (χ0v) is 12.8. The summed E-state index contributed by atoms with van der Waals surface area (Å²) in [4.78, 5) is 23.3. The van der Waals surface area contributed by atoms with Gasteiger partial charge in [0.2, 0.25) is 5.91 Å². The van der Waals surface area contributed by atoms with Gasteiger partial charge in [-0.15, -0.1) is 0 Å². The molecule has 0 fully saturated rings. The van der Waals surface area contributed by atoms with Gasteiger partial charge in [0.15, 0.2) is 11.6 Å². The van der Waals surface area contributed by atoms with E-state index in [-0.39, 0.29) is 18.8 Å². The maximum absolute atomic E-state index is 13.3. The highest BCUT2D eigenvalue weighted by molar-refractivity contribution is 6.30. The van der Waals surface area contributed by atoms with E-state index < -0.39 is 17.6 Å². The number of amides is 2. The van der Waals surface area contributed by atoms with Crippen molar-refractivity contribution in [3.05, 3.63) is 64.9 Å². The fraction of sp³-hybridized carbons (Fsp3) is 0.125. The molecule has 0 aliphatic carbocycles. The van der Waals surface area contributed by atoms with Crippen LogP contribution in [0.4, 0.5) is 4.39 Å². The number of rotatable bonds is 5. The molecule has 120 valence electrons. The minimum Gasteiger partial charge on any atom is -0.490 e. The van der Waals surface area contributed by atoms with Crippen LogP contribution in [0.15, 0.2) is 48.5 Å². The number of ether oxygens (including phenoxy) is 1. The van der Waals surface area contributed by atoms with Crippen LogP contribution in [-0.4, -0.2) is 18.4 Å². The third-order valence-electron chi connectivity index (χ3n) is 2.85. The van der Waals surface area contributed by atoms with Gasteiger partial charge in [-0.05, 0) is 36.4 Å². The number of halogens is 2. The molecular weight excluding hydrogens is 323 g/mol. The van der Waals surface area contributed by atoms with Crippen LogP contribution in [0.3, 0.4) is 0 Å². The highest BCUT2D eigenvalue weighted by Crippen LogP contribution is 2.15. The number of carbonyl (C=O) groups is 2. The van der Waals surface area contributed by atoms with Crippen LogP contribution in [-0.2, 0) is 4.79 Å². The summed E-state index contributed by atoms with van der Waals surface area (Å²) in [6, 6.07) is 12.1. The second-order valence-electron chi connectivity index (χ2n) is 4.54. The lowest BCUT2D eigenvalue weighted by atomic mass is 10.2. The maximum Gasteiger partial charge on any atom is 0.269 e. The highest BCUT2D eigenvalue weighted by atomic mass is 35.5. The second kappa shape index (κ2) is 8.14. The van der Waals surface area contributed by atoms with Gasteiger partial charge < -0.3 is 4.74 Å². The molecule has 7 heteroatoms. The lowest BCUT2D eigenvalue weighted by molar-refractivity contribution is -0.122. The van der Waals surface area contributed by atoms with E-state index in [1.54, 1.807) is 24.3 Å². The van der Waals surface area contributed by atoms with E-state index in [0.717, 1.165) is 0 Å². The molecule has 2 aromatic carbocycles. The van der Waals surface area contributed by atoms with Crippen molar-refractivity contribution in [3.8, 4) is 5.75 Å². The van der Waals surface area contributed by atoms with Crippen molar-refractivity contribution in [3.63, 3.8) is 0 Å². The van der Waals surface area contributed by atoms with Gasteiger partial charge in [-0.25, -0.2) is 4.39 Å². The summed E-state index contributed by atoms with van der Waals surface area (Å²) in [5.74, 6) is -1.34. The normalized spacial score (nSPS) is 10.0. The smallest absolute Gasteiger partial charge is 0.269 e. The van der Waals surface area contributed by atoms with Crippen LogP contribution in [0.1, 0.15) is 16.8 Å². The Hall–Kier alpha value is -2.60. The van der Waals surface area contributed by atoms with Gasteiger partial charge in [0, 0.05) is 10.6 Å². The zero-order chi connectivity index (χ0) is 16.7.